The first-order valence-corrected chi connectivity index (χ1v) is 7.59. The van der Waals surface area contributed by atoms with Gasteiger partial charge in [0.25, 0.3) is 0 Å². The second-order valence-corrected chi connectivity index (χ2v) is 5.55. The van der Waals surface area contributed by atoms with Gasteiger partial charge in [0, 0.05) is 24.5 Å². The predicted molar refractivity (Wildman–Crippen MR) is 79.5 cm³/mol. The summed E-state index contributed by atoms with van der Waals surface area (Å²) in [5.41, 5.74) is 5.82. The molecule has 1 aliphatic rings. The van der Waals surface area contributed by atoms with Crippen molar-refractivity contribution in [3.05, 3.63) is 22.4 Å². The van der Waals surface area contributed by atoms with Crippen molar-refractivity contribution < 1.29 is 4.74 Å². The van der Waals surface area contributed by atoms with E-state index in [0.717, 1.165) is 45.8 Å². The number of hydrogen-bond acceptors (Lipinski definition) is 4. The zero-order valence-corrected chi connectivity index (χ0v) is 12.0. The van der Waals surface area contributed by atoms with Crippen molar-refractivity contribution in [2.75, 3.05) is 39.4 Å². The highest BCUT2D eigenvalue weighted by Crippen LogP contribution is 2.08. The van der Waals surface area contributed by atoms with Crippen molar-refractivity contribution in [3.8, 4) is 0 Å². The molecule has 6 heteroatoms. The average molecular weight is 282 g/mol. The molecule has 0 aromatic carbocycles. The SMILES string of the molecule is NC(=NCc1cccs1)NCCCN1CCOCC1. The van der Waals surface area contributed by atoms with E-state index in [-0.39, 0.29) is 0 Å². The summed E-state index contributed by atoms with van der Waals surface area (Å²) in [4.78, 5) is 7.97. The third kappa shape index (κ3) is 5.59. The molecule has 1 aliphatic heterocycles. The van der Waals surface area contributed by atoms with Gasteiger partial charge in [-0.05, 0) is 24.4 Å². The third-order valence-corrected chi connectivity index (χ3v) is 3.91. The molecule has 0 amide bonds. The van der Waals surface area contributed by atoms with E-state index in [4.69, 9.17) is 10.5 Å². The van der Waals surface area contributed by atoms with Crippen LogP contribution in [-0.2, 0) is 11.3 Å². The molecule has 1 fully saturated rings. The minimum absolute atomic E-state index is 0.537. The Morgan fingerprint density at radius 1 is 1.47 bits per heavy atom. The van der Waals surface area contributed by atoms with Crippen LogP contribution < -0.4 is 11.1 Å². The third-order valence-electron chi connectivity index (χ3n) is 3.05. The Labute approximate surface area is 118 Å². The number of nitrogens with one attached hydrogen (secondary N) is 1. The molecular weight excluding hydrogens is 260 g/mol. The van der Waals surface area contributed by atoms with E-state index in [1.165, 1.54) is 4.88 Å². The number of aliphatic imine (C=N–C) groups is 1. The zero-order chi connectivity index (χ0) is 13.3. The number of thiophene rings is 1. The smallest absolute Gasteiger partial charge is 0.188 e. The van der Waals surface area contributed by atoms with Gasteiger partial charge in [0.05, 0.1) is 19.8 Å². The molecule has 1 saturated heterocycles. The Morgan fingerprint density at radius 2 is 2.32 bits per heavy atom. The maximum Gasteiger partial charge on any atom is 0.188 e. The normalized spacial score (nSPS) is 17.6. The second kappa shape index (κ2) is 8.14. The van der Waals surface area contributed by atoms with Gasteiger partial charge >= 0.3 is 0 Å². The monoisotopic (exact) mass is 282 g/mol. The zero-order valence-electron chi connectivity index (χ0n) is 11.2. The molecule has 2 rings (SSSR count). The fourth-order valence-electron chi connectivity index (χ4n) is 1.97. The summed E-state index contributed by atoms with van der Waals surface area (Å²) in [5.74, 6) is 0.537. The molecule has 106 valence electrons. The van der Waals surface area contributed by atoms with Crippen LogP contribution >= 0.6 is 11.3 Å². The molecule has 0 radical (unpaired) electrons. The summed E-state index contributed by atoms with van der Waals surface area (Å²) in [5, 5.41) is 5.21. The second-order valence-electron chi connectivity index (χ2n) is 4.52. The van der Waals surface area contributed by atoms with Crippen molar-refractivity contribution in [3.63, 3.8) is 0 Å². The molecule has 0 spiro atoms. The molecule has 5 nitrogen and oxygen atoms in total. The summed E-state index contributed by atoms with van der Waals surface area (Å²) in [6.45, 7) is 6.44. The van der Waals surface area contributed by atoms with Crippen LogP contribution in [-0.4, -0.2) is 50.3 Å². The van der Waals surface area contributed by atoms with Gasteiger partial charge in [0.15, 0.2) is 5.96 Å². The number of hydrogen-bond donors (Lipinski definition) is 2. The lowest BCUT2D eigenvalue weighted by Crippen LogP contribution is -2.39. The summed E-state index contributed by atoms with van der Waals surface area (Å²) >= 11 is 1.70. The largest absolute Gasteiger partial charge is 0.379 e. The molecule has 0 saturated carbocycles. The van der Waals surface area contributed by atoms with E-state index < -0.39 is 0 Å². The highest BCUT2D eigenvalue weighted by molar-refractivity contribution is 7.09. The van der Waals surface area contributed by atoms with Gasteiger partial charge in [-0.15, -0.1) is 11.3 Å². The van der Waals surface area contributed by atoms with E-state index in [9.17, 15) is 0 Å². The summed E-state index contributed by atoms with van der Waals surface area (Å²) < 4.78 is 5.32. The number of ether oxygens (including phenoxy) is 1. The number of morpholine rings is 1. The first-order chi connectivity index (χ1) is 9.34. The quantitative estimate of drug-likeness (QED) is 0.462. The van der Waals surface area contributed by atoms with Gasteiger partial charge < -0.3 is 15.8 Å². The van der Waals surface area contributed by atoms with Crippen LogP contribution in [0, 0.1) is 0 Å². The van der Waals surface area contributed by atoms with E-state index in [1.54, 1.807) is 11.3 Å². The van der Waals surface area contributed by atoms with Crippen molar-refractivity contribution >= 4 is 17.3 Å². The molecule has 0 bridgehead atoms. The Morgan fingerprint density at radius 3 is 3.05 bits per heavy atom. The van der Waals surface area contributed by atoms with Crippen LogP contribution in [0.1, 0.15) is 11.3 Å². The van der Waals surface area contributed by atoms with Crippen LogP contribution in [0.2, 0.25) is 0 Å². The summed E-state index contributed by atoms with van der Waals surface area (Å²) in [7, 11) is 0. The first-order valence-electron chi connectivity index (χ1n) is 6.71. The fourth-order valence-corrected chi connectivity index (χ4v) is 2.59. The summed E-state index contributed by atoms with van der Waals surface area (Å²) in [6.07, 6.45) is 1.08. The van der Waals surface area contributed by atoms with Crippen LogP contribution in [0.5, 0.6) is 0 Å². The van der Waals surface area contributed by atoms with Gasteiger partial charge in [0.1, 0.15) is 0 Å². The summed E-state index contributed by atoms with van der Waals surface area (Å²) in [6, 6.07) is 4.10. The Kier molecular flexibility index (Phi) is 6.13. The number of nitrogens with two attached hydrogens (primary N) is 1. The topological polar surface area (TPSA) is 62.9 Å². The molecule has 2 heterocycles. The van der Waals surface area contributed by atoms with Gasteiger partial charge in [-0.1, -0.05) is 6.07 Å². The Hall–Kier alpha value is -1.11. The Balaban J connectivity index is 1.55. The van der Waals surface area contributed by atoms with Crippen LogP contribution in [0.25, 0.3) is 0 Å². The lowest BCUT2D eigenvalue weighted by atomic mass is 10.3. The van der Waals surface area contributed by atoms with E-state index in [1.807, 2.05) is 6.07 Å². The van der Waals surface area contributed by atoms with Crippen molar-refractivity contribution in [2.24, 2.45) is 10.7 Å². The highest BCUT2D eigenvalue weighted by atomic mass is 32.1. The van der Waals surface area contributed by atoms with Gasteiger partial charge in [0.2, 0.25) is 0 Å². The van der Waals surface area contributed by atoms with Crippen molar-refractivity contribution in [1.82, 2.24) is 10.2 Å². The average Bonchev–Trinajstić information content (AvgIpc) is 2.96. The number of rotatable bonds is 6. The maximum absolute atomic E-state index is 5.82. The molecule has 1 aromatic rings. The van der Waals surface area contributed by atoms with E-state index >= 15 is 0 Å². The van der Waals surface area contributed by atoms with Crippen molar-refractivity contribution in [2.45, 2.75) is 13.0 Å². The van der Waals surface area contributed by atoms with Gasteiger partial charge in [-0.2, -0.15) is 0 Å². The van der Waals surface area contributed by atoms with E-state index in [0.29, 0.717) is 12.5 Å². The molecule has 3 N–H and O–H groups in total. The van der Waals surface area contributed by atoms with E-state index in [2.05, 4.69) is 26.7 Å². The van der Waals surface area contributed by atoms with Crippen molar-refractivity contribution in [1.29, 1.82) is 0 Å². The standard InChI is InChI=1S/C13H22N4OS/c14-13(16-11-12-3-1-10-19-12)15-4-2-5-17-6-8-18-9-7-17/h1,3,10H,2,4-9,11H2,(H3,14,15,16). The first kappa shape index (κ1) is 14.3. The molecule has 1 aromatic heterocycles. The predicted octanol–water partition coefficient (Wildman–Crippen LogP) is 0.875. The van der Waals surface area contributed by atoms with Crippen LogP contribution in [0.3, 0.4) is 0 Å². The lowest BCUT2D eigenvalue weighted by molar-refractivity contribution is 0.0376. The molecule has 0 aliphatic carbocycles. The Bertz CT molecular complexity index is 374. The molecular formula is C13H22N4OS. The lowest BCUT2D eigenvalue weighted by Gasteiger charge is -2.26. The fraction of sp³-hybridized carbons (Fsp3) is 0.615. The highest BCUT2D eigenvalue weighted by Gasteiger charge is 2.08. The number of nitrogens with zero attached hydrogens (tertiary/aromatic N) is 2. The van der Waals surface area contributed by atoms with Crippen LogP contribution in [0.15, 0.2) is 22.5 Å². The maximum atomic E-state index is 5.82. The van der Waals surface area contributed by atoms with Gasteiger partial charge in [-0.25, -0.2) is 4.99 Å². The molecule has 0 atom stereocenters. The minimum atomic E-state index is 0.537. The minimum Gasteiger partial charge on any atom is -0.379 e. The number of guanidine groups is 1. The molecule has 19 heavy (non-hydrogen) atoms. The molecule has 0 unspecified atom stereocenters. The van der Waals surface area contributed by atoms with Gasteiger partial charge in [-0.3, -0.25) is 4.90 Å². The van der Waals surface area contributed by atoms with Crippen LogP contribution in [0.4, 0.5) is 0 Å².